The monoisotopic (exact) mass is 497 g/mol. The number of carbonyl (C=O) groups excluding carboxylic acids is 2. The van der Waals surface area contributed by atoms with Gasteiger partial charge in [-0.1, -0.05) is 54.1 Å². The van der Waals surface area contributed by atoms with Crippen LogP contribution in [0.2, 0.25) is 0 Å². The van der Waals surface area contributed by atoms with Crippen molar-refractivity contribution in [2.75, 3.05) is 17.9 Å². The predicted octanol–water partition coefficient (Wildman–Crippen LogP) is 3.49. The van der Waals surface area contributed by atoms with Crippen molar-refractivity contribution in [2.45, 2.75) is 31.3 Å². The summed E-state index contributed by atoms with van der Waals surface area (Å²) < 4.78 is 42.6. The summed E-state index contributed by atoms with van der Waals surface area (Å²) >= 11 is 0. The van der Waals surface area contributed by atoms with Gasteiger partial charge in [0.05, 0.1) is 10.6 Å². The highest BCUT2D eigenvalue weighted by Crippen LogP contribution is 2.24. The zero-order valence-electron chi connectivity index (χ0n) is 19.8. The van der Waals surface area contributed by atoms with E-state index in [4.69, 9.17) is 0 Å². The third-order valence-corrected chi connectivity index (χ3v) is 7.43. The molecule has 0 saturated heterocycles. The van der Waals surface area contributed by atoms with E-state index < -0.39 is 40.2 Å². The fraction of sp³-hybridized carbons (Fsp3) is 0.231. The molecule has 184 valence electrons. The van der Waals surface area contributed by atoms with Gasteiger partial charge in [0.15, 0.2) is 0 Å². The van der Waals surface area contributed by atoms with Gasteiger partial charge < -0.3 is 10.2 Å². The number of anilines is 1. The second-order valence-electron chi connectivity index (χ2n) is 8.06. The molecule has 1 atom stereocenters. The van der Waals surface area contributed by atoms with E-state index in [1.165, 1.54) is 49.2 Å². The molecular weight excluding hydrogens is 469 g/mol. The lowest BCUT2D eigenvalue weighted by Crippen LogP contribution is -2.50. The van der Waals surface area contributed by atoms with Crippen LogP contribution in [0.25, 0.3) is 0 Å². The first kappa shape index (κ1) is 25.9. The lowest BCUT2D eigenvalue weighted by molar-refractivity contribution is -0.139. The number of benzene rings is 3. The van der Waals surface area contributed by atoms with E-state index in [9.17, 15) is 22.4 Å². The number of halogens is 1. The number of hydrogen-bond donors (Lipinski definition) is 1. The quantitative estimate of drug-likeness (QED) is 0.490. The van der Waals surface area contributed by atoms with Crippen LogP contribution in [-0.4, -0.2) is 44.8 Å². The fourth-order valence-corrected chi connectivity index (χ4v) is 4.98. The minimum absolute atomic E-state index is 0.0276. The molecule has 0 saturated carbocycles. The summed E-state index contributed by atoms with van der Waals surface area (Å²) in [6.45, 7) is 2.58. The molecule has 7 nitrogen and oxygen atoms in total. The van der Waals surface area contributed by atoms with Crippen molar-refractivity contribution in [3.05, 3.63) is 95.8 Å². The summed E-state index contributed by atoms with van der Waals surface area (Å²) in [4.78, 5) is 27.2. The van der Waals surface area contributed by atoms with Crippen molar-refractivity contribution >= 4 is 27.5 Å². The molecule has 2 amide bonds. The Kier molecular flexibility index (Phi) is 8.24. The van der Waals surface area contributed by atoms with Gasteiger partial charge >= 0.3 is 0 Å². The first-order chi connectivity index (χ1) is 16.6. The number of hydrogen-bond acceptors (Lipinski definition) is 4. The van der Waals surface area contributed by atoms with Crippen LogP contribution in [0.3, 0.4) is 0 Å². The maximum atomic E-state index is 14.4. The number of carbonyl (C=O) groups is 2. The molecule has 0 aliphatic carbocycles. The second kappa shape index (κ2) is 11.1. The topological polar surface area (TPSA) is 86.8 Å². The Morgan fingerprint density at radius 2 is 1.54 bits per heavy atom. The highest BCUT2D eigenvalue weighted by molar-refractivity contribution is 7.92. The molecule has 0 heterocycles. The third-order valence-electron chi connectivity index (χ3n) is 5.64. The van der Waals surface area contributed by atoms with E-state index >= 15 is 0 Å². The molecule has 9 heteroatoms. The summed E-state index contributed by atoms with van der Waals surface area (Å²) in [5, 5.41) is 2.49. The van der Waals surface area contributed by atoms with E-state index in [1.54, 1.807) is 48.5 Å². The molecular formula is C26H28FN3O4S. The molecule has 0 aliphatic heterocycles. The van der Waals surface area contributed by atoms with Gasteiger partial charge in [-0.15, -0.1) is 0 Å². The molecule has 3 rings (SSSR count). The minimum atomic E-state index is -4.12. The van der Waals surface area contributed by atoms with Crippen LogP contribution in [0.1, 0.15) is 18.1 Å². The van der Waals surface area contributed by atoms with Gasteiger partial charge in [0.1, 0.15) is 18.4 Å². The second-order valence-corrected chi connectivity index (χ2v) is 9.93. The van der Waals surface area contributed by atoms with Crippen LogP contribution < -0.4 is 9.62 Å². The van der Waals surface area contributed by atoms with Crippen LogP contribution in [0.15, 0.2) is 83.8 Å². The zero-order chi connectivity index (χ0) is 25.6. The Hall–Kier alpha value is -3.72. The molecule has 0 spiro atoms. The molecule has 0 radical (unpaired) electrons. The molecule has 3 aromatic carbocycles. The molecule has 0 bridgehead atoms. The first-order valence-corrected chi connectivity index (χ1v) is 12.5. The van der Waals surface area contributed by atoms with Crippen molar-refractivity contribution in [1.29, 1.82) is 0 Å². The number of likely N-dealkylation sites (N-methyl/N-ethyl adjacent to an activating group) is 1. The highest BCUT2D eigenvalue weighted by atomic mass is 32.2. The lowest BCUT2D eigenvalue weighted by Gasteiger charge is -2.31. The van der Waals surface area contributed by atoms with Crippen LogP contribution in [0.5, 0.6) is 0 Å². The average Bonchev–Trinajstić information content (AvgIpc) is 2.86. The third kappa shape index (κ3) is 6.05. The number of nitrogens with zero attached hydrogens (tertiary/aromatic N) is 2. The van der Waals surface area contributed by atoms with Crippen molar-refractivity contribution in [3.8, 4) is 0 Å². The van der Waals surface area contributed by atoms with Gasteiger partial charge in [-0.2, -0.15) is 0 Å². The summed E-state index contributed by atoms with van der Waals surface area (Å²) in [7, 11) is -2.69. The van der Waals surface area contributed by atoms with Crippen LogP contribution >= 0.6 is 0 Å². The van der Waals surface area contributed by atoms with E-state index in [2.05, 4.69) is 5.32 Å². The zero-order valence-corrected chi connectivity index (χ0v) is 20.6. The summed E-state index contributed by atoms with van der Waals surface area (Å²) in [6, 6.07) is 19.5. The molecule has 0 aliphatic rings. The minimum Gasteiger partial charge on any atom is -0.357 e. The normalized spacial score (nSPS) is 12.0. The Balaban J connectivity index is 2.01. The average molecular weight is 498 g/mol. The maximum absolute atomic E-state index is 14.4. The van der Waals surface area contributed by atoms with Crippen LogP contribution in [-0.2, 0) is 26.2 Å². The highest BCUT2D eigenvalue weighted by Gasteiger charge is 2.32. The van der Waals surface area contributed by atoms with E-state index in [-0.39, 0.29) is 17.0 Å². The molecule has 0 fully saturated rings. The van der Waals surface area contributed by atoms with Crippen LogP contribution in [0.4, 0.5) is 10.1 Å². The molecule has 0 aromatic heterocycles. The van der Waals surface area contributed by atoms with Crippen molar-refractivity contribution in [2.24, 2.45) is 0 Å². The van der Waals surface area contributed by atoms with Gasteiger partial charge in [-0.3, -0.25) is 13.9 Å². The van der Waals surface area contributed by atoms with Gasteiger partial charge in [0, 0.05) is 19.2 Å². The van der Waals surface area contributed by atoms with E-state index in [0.717, 1.165) is 9.87 Å². The number of sulfonamides is 1. The van der Waals surface area contributed by atoms with E-state index in [1.807, 2.05) is 6.92 Å². The van der Waals surface area contributed by atoms with Crippen molar-refractivity contribution in [1.82, 2.24) is 10.2 Å². The molecule has 35 heavy (non-hydrogen) atoms. The summed E-state index contributed by atoms with van der Waals surface area (Å²) in [5.41, 5.74) is 1.39. The largest absolute Gasteiger partial charge is 0.357 e. The Bertz CT molecular complexity index is 1280. The maximum Gasteiger partial charge on any atom is 0.264 e. The predicted molar refractivity (Wildman–Crippen MR) is 133 cm³/mol. The van der Waals surface area contributed by atoms with Crippen molar-refractivity contribution < 1.29 is 22.4 Å². The SMILES string of the molecule is CNC(=O)C(C)N(Cc1ccccc1F)C(=O)CN(c1ccccc1)S(=O)(=O)c1ccc(C)cc1. The standard InChI is InChI=1S/C26H28FN3O4S/c1-19-13-15-23(16-14-19)35(33,34)30(22-10-5-4-6-11-22)18-25(31)29(20(2)26(32)28-3)17-21-9-7-8-12-24(21)27/h4-16,20H,17-18H2,1-3H3,(H,28,32). The number of nitrogens with one attached hydrogen (secondary N) is 1. The molecule has 1 N–H and O–H groups in total. The Labute approximate surface area is 205 Å². The Morgan fingerprint density at radius 3 is 2.14 bits per heavy atom. The van der Waals surface area contributed by atoms with Gasteiger partial charge in [0.2, 0.25) is 11.8 Å². The van der Waals surface area contributed by atoms with E-state index in [0.29, 0.717) is 5.69 Å². The molecule has 3 aromatic rings. The lowest BCUT2D eigenvalue weighted by atomic mass is 10.1. The van der Waals surface area contributed by atoms with Gasteiger partial charge in [-0.25, -0.2) is 12.8 Å². The Morgan fingerprint density at radius 1 is 0.943 bits per heavy atom. The summed E-state index contributed by atoms with van der Waals surface area (Å²) in [5.74, 6) is -1.63. The number of para-hydroxylation sites is 1. The smallest absolute Gasteiger partial charge is 0.264 e. The fourth-order valence-electron chi connectivity index (χ4n) is 3.56. The van der Waals surface area contributed by atoms with Crippen molar-refractivity contribution in [3.63, 3.8) is 0 Å². The number of aryl methyl sites for hydroxylation is 1. The summed E-state index contributed by atoms with van der Waals surface area (Å²) in [6.07, 6.45) is 0. The van der Waals surface area contributed by atoms with Gasteiger partial charge in [0.25, 0.3) is 10.0 Å². The number of rotatable bonds is 9. The van der Waals surface area contributed by atoms with Crippen LogP contribution in [0, 0.1) is 12.7 Å². The first-order valence-electron chi connectivity index (χ1n) is 11.0. The number of amides is 2. The van der Waals surface area contributed by atoms with Gasteiger partial charge in [-0.05, 0) is 44.2 Å². The molecule has 1 unspecified atom stereocenters.